The van der Waals surface area contributed by atoms with Crippen molar-refractivity contribution in [2.45, 2.75) is 86.7 Å². The molecule has 6 N–H and O–H groups in total. The Morgan fingerprint density at radius 1 is 0.759 bits per heavy atom. The van der Waals surface area contributed by atoms with E-state index in [-0.39, 0.29) is 40.8 Å². The average molecular weight is 836 g/mol. The Labute approximate surface area is 336 Å². The third-order valence-electron chi connectivity index (χ3n) is 9.58. The molecule has 0 aliphatic heterocycles. The third kappa shape index (κ3) is 11.4. The molecule has 58 heavy (non-hydrogen) atoms. The Kier molecular flexibility index (Phi) is 14.7. The molecule has 5 rings (SSSR count). The van der Waals surface area contributed by atoms with Gasteiger partial charge in [-0.1, -0.05) is 75.8 Å². The Bertz CT molecular complexity index is 2530. The van der Waals surface area contributed by atoms with E-state index >= 15 is 0 Å². The molecule has 1 amide bonds. The zero-order valence-electron chi connectivity index (χ0n) is 31.7. The van der Waals surface area contributed by atoms with Crippen molar-refractivity contribution in [1.29, 1.82) is 0 Å². The number of hydrogen-bond donors (Lipinski definition) is 5. The first-order valence-corrected chi connectivity index (χ1v) is 21.5. The highest BCUT2D eigenvalue weighted by Gasteiger charge is 2.24. The lowest BCUT2D eigenvalue weighted by atomic mass is 9.91. The van der Waals surface area contributed by atoms with Crippen molar-refractivity contribution in [1.82, 2.24) is 0 Å². The van der Waals surface area contributed by atoms with E-state index in [0.29, 0.717) is 18.4 Å². The van der Waals surface area contributed by atoms with E-state index < -0.39 is 65.5 Å². The van der Waals surface area contributed by atoms with Crippen LogP contribution in [0.15, 0.2) is 105 Å². The van der Waals surface area contributed by atoms with E-state index in [4.69, 9.17) is 15.2 Å². The largest absolute Gasteiger partial charge is 0.505 e. The lowest BCUT2D eigenvalue weighted by Crippen LogP contribution is -2.23. The van der Waals surface area contributed by atoms with Gasteiger partial charge in [0, 0.05) is 16.5 Å². The predicted octanol–water partition coefficient (Wildman–Crippen LogP) is 8.26. The number of aliphatic hydroxyl groups excluding tert-OH is 1. The number of fused-ring (bicyclic) bond motifs is 2. The smallest absolute Gasteiger partial charge is 0.337 e. The van der Waals surface area contributed by atoms with Gasteiger partial charge in [0.15, 0.2) is 5.75 Å². The Balaban J connectivity index is 1.24. The van der Waals surface area contributed by atoms with Crippen molar-refractivity contribution in [2.24, 2.45) is 16.0 Å². The average Bonchev–Trinajstić information content (AvgIpc) is 3.18. The maximum absolute atomic E-state index is 12.9. The standard InChI is InChI=1S/C41H45N3O12S2/c1-2-3-4-5-6-7-11-29(18-22-35(45)38-32-12-9-8-10-26(32)13-20-34(38)41(42)48)55-25-37(46)56-30-16-14-28(15-17-30)43-44-39-36(58(52,53)54)24-27-23-31(57(49,50)51)19-21-33(27)40(39)47/h8-10,12-17,19-21,23-24,29,35,45,47H,2-7,11,18,22,25H2,1H3,(H2,42,48)(H,49,50,51)(H,52,53,54). The van der Waals surface area contributed by atoms with Crippen LogP contribution in [0.3, 0.4) is 0 Å². The van der Waals surface area contributed by atoms with Crippen LogP contribution in [0.1, 0.15) is 86.7 Å². The van der Waals surface area contributed by atoms with Crippen LogP contribution in [0.4, 0.5) is 11.4 Å². The van der Waals surface area contributed by atoms with Crippen molar-refractivity contribution in [3.63, 3.8) is 0 Å². The molecule has 0 fully saturated rings. The van der Waals surface area contributed by atoms with E-state index in [9.17, 15) is 45.7 Å². The fourth-order valence-corrected chi connectivity index (χ4v) is 7.81. The number of phenolic OH excluding ortho intramolecular Hbond substituents is 1. The number of rotatable bonds is 20. The van der Waals surface area contributed by atoms with Crippen LogP contribution in [-0.4, -0.2) is 60.7 Å². The lowest BCUT2D eigenvalue weighted by Gasteiger charge is -2.21. The molecule has 0 saturated carbocycles. The number of amides is 1. The second-order valence-corrected chi connectivity index (χ2v) is 16.6. The van der Waals surface area contributed by atoms with Gasteiger partial charge in [-0.2, -0.15) is 21.9 Å². The molecule has 5 aromatic carbocycles. The van der Waals surface area contributed by atoms with Crippen LogP contribution >= 0.6 is 0 Å². The molecule has 0 aliphatic rings. The third-order valence-corrected chi connectivity index (χ3v) is 11.3. The fraction of sp³-hybridized carbons (Fsp3) is 0.317. The summed E-state index contributed by atoms with van der Waals surface area (Å²) in [6, 6.07) is 20.3. The number of unbranched alkanes of at least 4 members (excludes halogenated alkanes) is 5. The highest BCUT2D eigenvalue weighted by molar-refractivity contribution is 7.86. The quantitative estimate of drug-likeness (QED) is 0.0163. The summed E-state index contributed by atoms with van der Waals surface area (Å²) in [6.07, 6.45) is 6.19. The second-order valence-electron chi connectivity index (χ2n) is 13.8. The van der Waals surface area contributed by atoms with Gasteiger partial charge in [0.1, 0.15) is 22.9 Å². The van der Waals surface area contributed by atoms with Gasteiger partial charge < -0.3 is 25.4 Å². The molecule has 2 unspecified atom stereocenters. The number of nitrogens with two attached hydrogens (primary N) is 1. The Morgan fingerprint density at radius 3 is 2.16 bits per heavy atom. The topological polar surface area (TPSA) is 253 Å². The number of primary amides is 1. The summed E-state index contributed by atoms with van der Waals surface area (Å²) in [6.45, 7) is 1.76. The molecule has 0 bridgehead atoms. The molecule has 308 valence electrons. The van der Waals surface area contributed by atoms with E-state index in [1.165, 1.54) is 24.3 Å². The van der Waals surface area contributed by atoms with Crippen LogP contribution in [-0.2, 0) is 29.8 Å². The first-order valence-electron chi connectivity index (χ1n) is 18.6. The van der Waals surface area contributed by atoms with Crippen molar-refractivity contribution >= 4 is 65.0 Å². The van der Waals surface area contributed by atoms with Gasteiger partial charge in [-0.3, -0.25) is 13.9 Å². The number of phenols is 1. The lowest BCUT2D eigenvalue weighted by molar-refractivity contribution is -0.142. The first kappa shape index (κ1) is 43.8. The number of aromatic hydroxyl groups is 1. The van der Waals surface area contributed by atoms with E-state index in [1.54, 1.807) is 12.1 Å². The molecule has 17 heteroatoms. The van der Waals surface area contributed by atoms with Crippen LogP contribution in [0.5, 0.6) is 11.5 Å². The van der Waals surface area contributed by atoms with Crippen molar-refractivity contribution in [3.8, 4) is 11.5 Å². The van der Waals surface area contributed by atoms with Crippen LogP contribution in [0.2, 0.25) is 0 Å². The van der Waals surface area contributed by atoms with Gasteiger partial charge in [0.25, 0.3) is 20.2 Å². The van der Waals surface area contributed by atoms with Gasteiger partial charge in [0.2, 0.25) is 5.91 Å². The van der Waals surface area contributed by atoms with Crippen LogP contribution in [0.25, 0.3) is 21.5 Å². The normalized spacial score (nSPS) is 13.2. The zero-order chi connectivity index (χ0) is 42.0. The Hall–Kier alpha value is -5.30. The molecular weight excluding hydrogens is 791 g/mol. The van der Waals surface area contributed by atoms with Gasteiger partial charge in [-0.05, 0) is 90.0 Å². The van der Waals surface area contributed by atoms with Crippen LogP contribution < -0.4 is 10.5 Å². The number of carbonyl (C=O) groups excluding carboxylic acids is 2. The van der Waals surface area contributed by atoms with Gasteiger partial charge in [-0.15, -0.1) is 5.11 Å². The van der Waals surface area contributed by atoms with Gasteiger partial charge in [0.05, 0.1) is 22.8 Å². The number of hydrogen-bond acceptors (Lipinski definition) is 12. The van der Waals surface area contributed by atoms with Gasteiger partial charge in [-0.25, -0.2) is 4.79 Å². The van der Waals surface area contributed by atoms with E-state index in [2.05, 4.69) is 17.2 Å². The number of ether oxygens (including phenoxy) is 2. The van der Waals surface area contributed by atoms with Crippen LogP contribution in [0, 0.1) is 0 Å². The predicted molar refractivity (Wildman–Crippen MR) is 216 cm³/mol. The molecule has 0 saturated heterocycles. The number of azo groups is 1. The summed E-state index contributed by atoms with van der Waals surface area (Å²) in [5.41, 5.74) is 5.88. The van der Waals surface area contributed by atoms with Crippen molar-refractivity contribution in [3.05, 3.63) is 96.1 Å². The summed E-state index contributed by atoms with van der Waals surface area (Å²) < 4.78 is 78.1. The highest BCUT2D eigenvalue weighted by atomic mass is 32.2. The minimum absolute atomic E-state index is 0.0364. The minimum atomic E-state index is -5.00. The molecular formula is C41H45N3O12S2. The number of nitrogens with zero attached hydrogens (tertiary/aromatic N) is 2. The monoisotopic (exact) mass is 835 g/mol. The summed E-state index contributed by atoms with van der Waals surface area (Å²) in [5, 5.41) is 31.4. The fourth-order valence-electron chi connectivity index (χ4n) is 6.64. The van der Waals surface area contributed by atoms with E-state index in [0.717, 1.165) is 73.6 Å². The zero-order valence-corrected chi connectivity index (χ0v) is 33.3. The molecule has 0 heterocycles. The first-order chi connectivity index (χ1) is 27.6. The summed E-state index contributed by atoms with van der Waals surface area (Å²) >= 11 is 0. The molecule has 5 aromatic rings. The van der Waals surface area contributed by atoms with E-state index in [1.807, 2.05) is 24.3 Å². The molecule has 0 radical (unpaired) electrons. The second kappa shape index (κ2) is 19.4. The van der Waals surface area contributed by atoms with Crippen molar-refractivity contribution in [2.75, 3.05) is 6.61 Å². The number of aliphatic hydroxyl groups is 1. The Morgan fingerprint density at radius 2 is 1.47 bits per heavy atom. The highest BCUT2D eigenvalue weighted by Crippen LogP contribution is 2.42. The summed E-state index contributed by atoms with van der Waals surface area (Å²) in [5.74, 6) is -1.93. The minimum Gasteiger partial charge on any atom is -0.505 e. The maximum atomic E-state index is 12.9. The summed E-state index contributed by atoms with van der Waals surface area (Å²) in [4.78, 5) is 23.8. The SMILES string of the molecule is CCCCCCCCC(CCC(O)c1c(C(N)=O)ccc2ccccc12)OCC(=O)Oc1ccc(N=Nc2c(S(=O)(=O)O)cc3cc(S(=O)(=O)O)ccc3c2O)cc1. The number of benzene rings is 5. The molecule has 0 aromatic heterocycles. The number of esters is 1. The maximum Gasteiger partial charge on any atom is 0.337 e. The van der Waals surface area contributed by atoms with Crippen molar-refractivity contribution < 1.29 is 55.2 Å². The van der Waals surface area contributed by atoms with Gasteiger partial charge >= 0.3 is 5.97 Å². The molecule has 15 nitrogen and oxygen atoms in total. The molecule has 0 aliphatic carbocycles. The summed E-state index contributed by atoms with van der Waals surface area (Å²) in [7, 11) is -9.66. The molecule has 0 spiro atoms. The molecule has 2 atom stereocenters. The number of carbonyl (C=O) groups is 2.